The summed E-state index contributed by atoms with van der Waals surface area (Å²) in [7, 11) is 0.851. The first-order valence-corrected chi connectivity index (χ1v) is 5.40. The molecule has 1 radical (unpaired) electrons. The van der Waals surface area contributed by atoms with Crippen LogP contribution in [0.15, 0.2) is 48.5 Å². The molecule has 0 nitrogen and oxygen atoms in total. The van der Waals surface area contributed by atoms with Crippen LogP contribution < -0.4 is 48.1 Å². The molecule has 0 spiro atoms. The third kappa shape index (κ3) is 2.18. The fraction of sp³-hybridized carbons (Fsp3) is 0. The van der Waals surface area contributed by atoms with Gasteiger partial charge in [-0.3, -0.25) is 0 Å². The first kappa shape index (κ1) is 12.9. The quantitative estimate of drug-likeness (QED) is 0.316. The van der Waals surface area contributed by atoms with Crippen LogP contribution in [-0.2, 0) is 0 Å². The second-order valence-electron chi connectivity index (χ2n) is 3.22. The van der Waals surface area contributed by atoms with Crippen LogP contribution in [0.3, 0.4) is 0 Å². The molecule has 0 bridgehead atoms. The SMILES string of the molecule is [Li+].[Li+].c1ccc2c(c1)[Si-]c1ccccc1-2. The average Bonchev–Trinajstić information content (AvgIpc) is 2.56. The molecule has 0 saturated heterocycles. The zero-order valence-corrected chi connectivity index (χ0v) is 10.1. The van der Waals surface area contributed by atoms with Crippen LogP contribution in [0, 0.1) is 0 Å². The van der Waals surface area contributed by atoms with Gasteiger partial charge in [0.2, 0.25) is 0 Å². The van der Waals surface area contributed by atoms with Gasteiger partial charge in [0, 0.05) is 0 Å². The van der Waals surface area contributed by atoms with Crippen molar-refractivity contribution in [1.29, 1.82) is 0 Å². The van der Waals surface area contributed by atoms with Gasteiger partial charge in [0.1, 0.15) is 0 Å². The summed E-state index contributed by atoms with van der Waals surface area (Å²) >= 11 is 0. The molecule has 0 unspecified atom stereocenters. The Morgan fingerprint density at radius 1 is 0.600 bits per heavy atom. The molecule has 2 aromatic carbocycles. The van der Waals surface area contributed by atoms with Crippen molar-refractivity contribution in [3.63, 3.8) is 0 Å². The Morgan fingerprint density at radius 2 is 1.00 bits per heavy atom. The molecule has 0 N–H and O–H groups in total. The van der Waals surface area contributed by atoms with Crippen LogP contribution >= 0.6 is 0 Å². The molecule has 0 atom stereocenters. The van der Waals surface area contributed by atoms with E-state index < -0.39 is 0 Å². The Bertz CT molecular complexity index is 425. The maximum Gasteiger partial charge on any atom is 1.00 e. The van der Waals surface area contributed by atoms with Gasteiger partial charge in [-0.15, -0.1) is 0 Å². The Kier molecular flexibility index (Phi) is 4.53. The third-order valence-electron chi connectivity index (χ3n) is 2.41. The molecule has 0 amide bonds. The van der Waals surface area contributed by atoms with Crippen molar-refractivity contribution in [2.24, 2.45) is 0 Å². The summed E-state index contributed by atoms with van der Waals surface area (Å²) in [6, 6.07) is 17.4. The van der Waals surface area contributed by atoms with Crippen molar-refractivity contribution < 1.29 is 37.7 Å². The average molecular weight is 194 g/mol. The molecule has 2 aromatic rings. The van der Waals surface area contributed by atoms with Gasteiger partial charge in [0.15, 0.2) is 0 Å². The van der Waals surface area contributed by atoms with E-state index in [1.807, 2.05) is 0 Å². The van der Waals surface area contributed by atoms with E-state index in [2.05, 4.69) is 48.5 Å². The number of hydrogen-bond acceptors (Lipinski definition) is 0. The predicted octanol–water partition coefficient (Wildman–Crippen LogP) is -4.67. The van der Waals surface area contributed by atoms with E-state index in [9.17, 15) is 0 Å². The maximum atomic E-state index is 2.23. The van der Waals surface area contributed by atoms with Gasteiger partial charge in [0.25, 0.3) is 0 Å². The van der Waals surface area contributed by atoms with Crippen LogP contribution in [0.5, 0.6) is 0 Å². The van der Waals surface area contributed by atoms with Crippen LogP contribution in [0.4, 0.5) is 0 Å². The van der Waals surface area contributed by atoms with Gasteiger partial charge in [0.05, 0.1) is 0 Å². The topological polar surface area (TPSA) is 0 Å². The molecule has 1 aliphatic rings. The number of rotatable bonds is 0. The largest absolute Gasteiger partial charge is 1.00 e. The van der Waals surface area contributed by atoms with Crippen LogP contribution in [0.1, 0.15) is 0 Å². The maximum absolute atomic E-state index is 2.23. The molecular formula is C12H8Li2Si+. The summed E-state index contributed by atoms with van der Waals surface area (Å²) in [6.45, 7) is 0. The van der Waals surface area contributed by atoms with Crippen molar-refractivity contribution in [2.45, 2.75) is 0 Å². The van der Waals surface area contributed by atoms with Crippen LogP contribution in [0.2, 0.25) is 0 Å². The molecule has 1 aliphatic heterocycles. The minimum absolute atomic E-state index is 0. The molecule has 0 fully saturated rings. The summed E-state index contributed by atoms with van der Waals surface area (Å²) in [5, 5.41) is 2.98. The smallest absolute Gasteiger partial charge is 0.395 e. The van der Waals surface area contributed by atoms with E-state index in [4.69, 9.17) is 0 Å². The molecule has 0 saturated carbocycles. The summed E-state index contributed by atoms with van der Waals surface area (Å²) in [5.41, 5.74) is 2.85. The Hall–Kier alpha value is -0.148. The Morgan fingerprint density at radius 3 is 1.47 bits per heavy atom. The van der Waals surface area contributed by atoms with Crippen molar-refractivity contribution >= 4 is 19.9 Å². The van der Waals surface area contributed by atoms with E-state index in [0.29, 0.717) is 0 Å². The predicted molar refractivity (Wildman–Crippen MR) is 56.9 cm³/mol. The summed E-state index contributed by atoms with van der Waals surface area (Å²) in [4.78, 5) is 0. The van der Waals surface area contributed by atoms with Gasteiger partial charge in [-0.05, 0) is 0 Å². The summed E-state index contributed by atoms with van der Waals surface area (Å²) in [6.07, 6.45) is 0. The number of fused-ring (bicyclic) bond motifs is 3. The Labute approximate surface area is 117 Å². The minimum atomic E-state index is 0. The van der Waals surface area contributed by atoms with Gasteiger partial charge >= 0.3 is 37.7 Å². The first-order chi connectivity index (χ1) is 6.45. The second-order valence-corrected chi connectivity index (χ2v) is 4.54. The molecule has 3 rings (SSSR count). The van der Waals surface area contributed by atoms with E-state index in [0.717, 1.165) is 9.52 Å². The van der Waals surface area contributed by atoms with E-state index >= 15 is 0 Å². The molecular weight excluding hydrogens is 186 g/mol. The van der Waals surface area contributed by atoms with E-state index in [1.54, 1.807) is 0 Å². The fourth-order valence-electron chi connectivity index (χ4n) is 1.80. The van der Waals surface area contributed by atoms with Gasteiger partial charge in [-0.25, -0.2) is 10.4 Å². The molecule has 0 aromatic heterocycles. The molecule has 3 heteroatoms. The monoisotopic (exact) mass is 194 g/mol. The minimum Gasteiger partial charge on any atom is -0.395 e. The number of benzene rings is 2. The Balaban J connectivity index is 0.000000562. The zero-order valence-electron chi connectivity index (χ0n) is 9.12. The molecule has 61 valence electrons. The third-order valence-corrected chi connectivity index (χ3v) is 3.82. The van der Waals surface area contributed by atoms with Crippen LogP contribution in [-0.4, -0.2) is 9.52 Å². The summed E-state index contributed by atoms with van der Waals surface area (Å²) < 4.78 is 0. The van der Waals surface area contributed by atoms with Crippen molar-refractivity contribution in [2.75, 3.05) is 0 Å². The second kappa shape index (κ2) is 5.26. The van der Waals surface area contributed by atoms with Crippen molar-refractivity contribution in [3.8, 4) is 11.1 Å². The van der Waals surface area contributed by atoms with Gasteiger partial charge in [-0.1, -0.05) is 59.7 Å². The standard InChI is InChI=1S/C12H8Si.2Li/c1-3-7-11-9(5-1)10-6-2-4-8-12(10)13-11;;/h1-8H;;/q-1;2*+1. The van der Waals surface area contributed by atoms with E-state index in [-0.39, 0.29) is 37.7 Å². The van der Waals surface area contributed by atoms with Crippen molar-refractivity contribution in [3.05, 3.63) is 48.5 Å². The van der Waals surface area contributed by atoms with E-state index in [1.165, 1.54) is 21.5 Å². The first-order valence-electron chi connectivity index (χ1n) is 4.40. The zero-order chi connectivity index (χ0) is 8.67. The van der Waals surface area contributed by atoms with Gasteiger partial charge < -0.3 is 9.52 Å². The summed E-state index contributed by atoms with van der Waals surface area (Å²) in [5.74, 6) is 0. The number of hydrogen-bond donors (Lipinski definition) is 0. The van der Waals surface area contributed by atoms with Crippen molar-refractivity contribution in [1.82, 2.24) is 0 Å². The normalized spacial score (nSPS) is 10.1. The van der Waals surface area contributed by atoms with Crippen LogP contribution in [0.25, 0.3) is 11.1 Å². The molecule has 15 heavy (non-hydrogen) atoms. The fourth-order valence-corrected chi connectivity index (χ4v) is 3.15. The molecule has 1 heterocycles. The molecule has 0 aliphatic carbocycles. The van der Waals surface area contributed by atoms with Gasteiger partial charge in [-0.2, -0.15) is 0 Å².